The van der Waals surface area contributed by atoms with Gasteiger partial charge in [0.2, 0.25) is 0 Å². The molecule has 100 valence electrons. The molecule has 0 saturated carbocycles. The zero-order valence-corrected chi connectivity index (χ0v) is 10.8. The van der Waals surface area contributed by atoms with Crippen molar-refractivity contribution >= 4 is 16.9 Å². The molecule has 4 heteroatoms. The number of para-hydroxylation sites is 1. The van der Waals surface area contributed by atoms with E-state index in [9.17, 15) is 9.90 Å². The highest BCUT2D eigenvalue weighted by molar-refractivity contribution is 5.83. The van der Waals surface area contributed by atoms with Crippen LogP contribution in [0.15, 0.2) is 28.7 Å². The number of aryl methyl sites for hydroxylation is 1. The molecule has 3 rings (SSSR count). The average molecular weight is 260 g/mol. The van der Waals surface area contributed by atoms with Gasteiger partial charge in [-0.25, -0.2) is 0 Å². The van der Waals surface area contributed by atoms with Crippen LogP contribution in [0.1, 0.15) is 30.3 Å². The Hall–Kier alpha value is -1.81. The Morgan fingerprint density at radius 2 is 2.16 bits per heavy atom. The van der Waals surface area contributed by atoms with Crippen molar-refractivity contribution in [3.8, 4) is 0 Å². The number of hydrogen-bond acceptors (Lipinski definition) is 3. The molecule has 0 aliphatic carbocycles. The molecule has 19 heavy (non-hydrogen) atoms. The van der Waals surface area contributed by atoms with E-state index in [1.807, 2.05) is 31.2 Å². The van der Waals surface area contributed by atoms with Gasteiger partial charge in [0, 0.05) is 17.6 Å². The van der Waals surface area contributed by atoms with E-state index in [2.05, 4.69) is 0 Å². The molecule has 2 atom stereocenters. The topological polar surface area (TPSA) is 59.7 Å². The number of fused-ring (bicyclic) bond motifs is 1. The van der Waals surface area contributed by atoms with Crippen LogP contribution in [0.2, 0.25) is 0 Å². The molecule has 1 fully saturated rings. The summed E-state index contributed by atoms with van der Waals surface area (Å²) in [6, 6.07) is 7.69. The lowest BCUT2D eigenvalue weighted by Crippen LogP contribution is -2.29. The third-order valence-electron chi connectivity index (χ3n) is 3.74. The van der Waals surface area contributed by atoms with Crippen LogP contribution >= 0.6 is 0 Å². The highest BCUT2D eigenvalue weighted by Gasteiger charge is 2.36. The second kappa shape index (κ2) is 4.70. The maximum atomic E-state index is 11.4. The van der Waals surface area contributed by atoms with Crippen LogP contribution in [0.3, 0.4) is 0 Å². The van der Waals surface area contributed by atoms with Crippen LogP contribution in [0.4, 0.5) is 0 Å². The third kappa shape index (κ3) is 2.02. The maximum Gasteiger partial charge on any atom is 0.309 e. The quantitative estimate of drug-likeness (QED) is 0.900. The van der Waals surface area contributed by atoms with Gasteiger partial charge in [0.1, 0.15) is 11.3 Å². The largest absolute Gasteiger partial charge is 0.481 e. The first-order valence-corrected chi connectivity index (χ1v) is 6.51. The Bertz CT molecular complexity index is 614. The van der Waals surface area contributed by atoms with Gasteiger partial charge in [0.05, 0.1) is 12.0 Å². The molecular weight excluding hydrogens is 244 g/mol. The van der Waals surface area contributed by atoms with Gasteiger partial charge in [0.25, 0.3) is 0 Å². The number of carboxylic acid groups (broad SMARTS) is 1. The highest BCUT2D eigenvalue weighted by atomic mass is 16.5. The molecule has 1 saturated heterocycles. The van der Waals surface area contributed by atoms with E-state index in [4.69, 9.17) is 9.15 Å². The summed E-state index contributed by atoms with van der Waals surface area (Å²) in [6.45, 7) is 2.47. The summed E-state index contributed by atoms with van der Waals surface area (Å²) in [6.07, 6.45) is 1.04. The normalized spacial score (nSPS) is 23.6. The van der Waals surface area contributed by atoms with E-state index >= 15 is 0 Å². The first-order chi connectivity index (χ1) is 9.18. The van der Waals surface area contributed by atoms with Crippen molar-refractivity contribution < 1.29 is 19.1 Å². The number of carboxylic acids is 1. The fraction of sp³-hybridized carbons (Fsp3) is 0.400. The van der Waals surface area contributed by atoms with Crippen LogP contribution in [-0.2, 0) is 9.53 Å². The Kier molecular flexibility index (Phi) is 3.03. The van der Waals surface area contributed by atoms with Crippen molar-refractivity contribution in [2.45, 2.75) is 25.9 Å². The van der Waals surface area contributed by atoms with Crippen LogP contribution in [-0.4, -0.2) is 17.7 Å². The monoisotopic (exact) mass is 260 g/mol. The van der Waals surface area contributed by atoms with E-state index < -0.39 is 18.0 Å². The molecule has 0 spiro atoms. The van der Waals surface area contributed by atoms with Crippen molar-refractivity contribution in [3.05, 3.63) is 35.6 Å². The molecule has 1 aromatic heterocycles. The Morgan fingerprint density at radius 3 is 2.95 bits per heavy atom. The molecule has 0 bridgehead atoms. The van der Waals surface area contributed by atoms with Gasteiger partial charge >= 0.3 is 5.97 Å². The predicted molar refractivity (Wildman–Crippen MR) is 70.0 cm³/mol. The van der Waals surface area contributed by atoms with E-state index in [1.54, 1.807) is 0 Å². The van der Waals surface area contributed by atoms with Gasteiger partial charge in [-0.05, 0) is 25.8 Å². The maximum absolute atomic E-state index is 11.4. The molecule has 1 aliphatic heterocycles. The molecule has 0 amide bonds. The van der Waals surface area contributed by atoms with Crippen LogP contribution < -0.4 is 0 Å². The molecule has 2 aromatic rings. The summed E-state index contributed by atoms with van der Waals surface area (Å²) in [7, 11) is 0. The van der Waals surface area contributed by atoms with Gasteiger partial charge < -0.3 is 14.3 Å². The zero-order valence-electron chi connectivity index (χ0n) is 10.8. The second-order valence-electron chi connectivity index (χ2n) is 4.95. The van der Waals surface area contributed by atoms with Crippen molar-refractivity contribution in [2.24, 2.45) is 5.92 Å². The summed E-state index contributed by atoms with van der Waals surface area (Å²) in [5, 5.41) is 10.3. The minimum absolute atomic E-state index is 0.408. The van der Waals surface area contributed by atoms with Crippen molar-refractivity contribution in [1.29, 1.82) is 0 Å². The molecule has 1 N–H and O–H groups in total. The van der Waals surface area contributed by atoms with Crippen molar-refractivity contribution in [1.82, 2.24) is 0 Å². The Morgan fingerprint density at radius 1 is 1.37 bits per heavy atom. The summed E-state index contributed by atoms with van der Waals surface area (Å²) < 4.78 is 11.5. The fourth-order valence-corrected chi connectivity index (χ4v) is 2.86. The molecule has 1 aliphatic rings. The summed E-state index contributed by atoms with van der Waals surface area (Å²) >= 11 is 0. The molecule has 2 unspecified atom stereocenters. The lowest BCUT2D eigenvalue weighted by atomic mass is 9.88. The zero-order chi connectivity index (χ0) is 13.4. The Labute approximate surface area is 111 Å². The number of carbonyl (C=O) groups is 1. The number of benzene rings is 1. The fourth-order valence-electron chi connectivity index (χ4n) is 2.86. The van der Waals surface area contributed by atoms with Gasteiger partial charge in [0.15, 0.2) is 0 Å². The smallest absolute Gasteiger partial charge is 0.309 e. The minimum atomic E-state index is -0.797. The molecule has 0 radical (unpaired) electrons. The number of hydrogen-bond donors (Lipinski definition) is 1. The lowest BCUT2D eigenvalue weighted by Gasteiger charge is -2.29. The summed E-state index contributed by atoms with van der Waals surface area (Å²) in [4.78, 5) is 11.4. The van der Waals surface area contributed by atoms with Crippen molar-refractivity contribution in [3.63, 3.8) is 0 Å². The van der Waals surface area contributed by atoms with Gasteiger partial charge in [-0.1, -0.05) is 18.2 Å². The molecular formula is C15H16O4. The van der Waals surface area contributed by atoms with Crippen LogP contribution in [0.25, 0.3) is 11.0 Å². The number of rotatable bonds is 2. The predicted octanol–water partition coefficient (Wildman–Crippen LogP) is 3.29. The molecule has 1 aromatic carbocycles. The van der Waals surface area contributed by atoms with Gasteiger partial charge in [-0.15, -0.1) is 0 Å². The second-order valence-corrected chi connectivity index (χ2v) is 4.95. The standard InChI is InChI=1S/C15H16O4/c1-9-13(10-5-2-3-7-12(10)19-9)14-11(15(16)17)6-4-8-18-14/h2-3,5,7,11,14H,4,6,8H2,1H3,(H,16,17). The summed E-state index contributed by atoms with van der Waals surface area (Å²) in [5.74, 6) is -0.540. The van der Waals surface area contributed by atoms with Crippen LogP contribution in [0, 0.1) is 12.8 Å². The molecule has 4 nitrogen and oxygen atoms in total. The minimum Gasteiger partial charge on any atom is -0.481 e. The summed E-state index contributed by atoms with van der Waals surface area (Å²) in [5.41, 5.74) is 1.68. The van der Waals surface area contributed by atoms with E-state index in [-0.39, 0.29) is 0 Å². The van der Waals surface area contributed by atoms with Gasteiger partial charge in [-0.2, -0.15) is 0 Å². The van der Waals surface area contributed by atoms with E-state index in [1.165, 1.54) is 0 Å². The number of aliphatic carboxylic acids is 1. The SMILES string of the molecule is Cc1oc2ccccc2c1C1OCCCC1C(=O)O. The van der Waals surface area contributed by atoms with E-state index in [0.29, 0.717) is 13.0 Å². The third-order valence-corrected chi connectivity index (χ3v) is 3.74. The first kappa shape index (κ1) is 12.2. The highest BCUT2D eigenvalue weighted by Crippen LogP contribution is 2.40. The van der Waals surface area contributed by atoms with Crippen molar-refractivity contribution in [2.75, 3.05) is 6.61 Å². The lowest BCUT2D eigenvalue weighted by molar-refractivity contribution is -0.151. The number of furan rings is 1. The van der Waals surface area contributed by atoms with Gasteiger partial charge in [-0.3, -0.25) is 4.79 Å². The first-order valence-electron chi connectivity index (χ1n) is 6.51. The van der Waals surface area contributed by atoms with E-state index in [0.717, 1.165) is 28.7 Å². The Balaban J connectivity index is 2.11. The number of ether oxygens (including phenoxy) is 1. The molecule has 2 heterocycles. The van der Waals surface area contributed by atoms with Crippen LogP contribution in [0.5, 0.6) is 0 Å². The average Bonchev–Trinajstić information content (AvgIpc) is 2.74.